The van der Waals surface area contributed by atoms with Crippen molar-refractivity contribution in [3.05, 3.63) is 0 Å². The summed E-state index contributed by atoms with van der Waals surface area (Å²) >= 11 is 0. The third kappa shape index (κ3) is 7.29. The van der Waals surface area contributed by atoms with Gasteiger partial charge in [-0.1, -0.05) is 6.92 Å². The number of carbonyl (C=O) groups is 1. The summed E-state index contributed by atoms with van der Waals surface area (Å²) in [6.07, 6.45) is 0.444. The van der Waals surface area contributed by atoms with E-state index in [0.29, 0.717) is 19.5 Å². The fourth-order valence-electron chi connectivity index (χ4n) is 0.608. The topological polar surface area (TPSA) is 69.6 Å². The van der Waals surface area contributed by atoms with Crippen molar-refractivity contribution in [2.24, 2.45) is 0 Å². The van der Waals surface area contributed by atoms with Gasteiger partial charge in [0.1, 0.15) is 0 Å². The average Bonchev–Trinajstić information content (AvgIpc) is 1.97. The normalized spacial score (nSPS) is 12.9. The molecule has 0 fully saturated rings. The molecule has 0 aliphatic carbocycles. The highest BCUT2D eigenvalue weighted by molar-refractivity contribution is 5.66. The molecule has 1 atom stereocenters. The van der Waals surface area contributed by atoms with Gasteiger partial charge in [-0.15, -0.1) is 0 Å². The molecule has 0 aromatic heterocycles. The second-order valence-electron chi connectivity index (χ2n) is 2.41. The third-order valence-corrected chi connectivity index (χ3v) is 1.37. The number of hydrogen-bond donors (Lipinski definition) is 3. The summed E-state index contributed by atoms with van der Waals surface area (Å²) in [5, 5.41) is 20.1. The van der Waals surface area contributed by atoms with E-state index < -0.39 is 5.97 Å². The van der Waals surface area contributed by atoms with Crippen LogP contribution in [0.25, 0.3) is 0 Å². The maximum Gasteiger partial charge on any atom is 0.304 e. The number of aliphatic carboxylic acids is 1. The van der Waals surface area contributed by atoms with Crippen LogP contribution in [0.4, 0.5) is 0 Å². The molecule has 1 unspecified atom stereocenters. The molecule has 0 saturated heterocycles. The minimum absolute atomic E-state index is 0.108. The van der Waals surface area contributed by atoms with E-state index in [9.17, 15) is 4.79 Å². The molecule has 0 aliphatic rings. The van der Waals surface area contributed by atoms with E-state index in [2.05, 4.69) is 5.32 Å². The van der Waals surface area contributed by atoms with Gasteiger partial charge in [0.25, 0.3) is 0 Å². The molecule has 4 heteroatoms. The zero-order valence-corrected chi connectivity index (χ0v) is 6.71. The first-order valence-electron chi connectivity index (χ1n) is 3.77. The Kier molecular flexibility index (Phi) is 5.78. The molecular weight excluding hydrogens is 146 g/mol. The first-order chi connectivity index (χ1) is 5.16. The fourth-order valence-corrected chi connectivity index (χ4v) is 0.608. The van der Waals surface area contributed by atoms with Gasteiger partial charge in [-0.25, -0.2) is 0 Å². The number of hydrogen-bond acceptors (Lipinski definition) is 3. The second-order valence-corrected chi connectivity index (χ2v) is 2.41. The van der Waals surface area contributed by atoms with E-state index in [0.717, 1.165) is 0 Å². The van der Waals surface area contributed by atoms with E-state index in [1.54, 1.807) is 0 Å². The lowest BCUT2D eigenvalue weighted by Gasteiger charge is -2.07. The first kappa shape index (κ1) is 10.4. The summed E-state index contributed by atoms with van der Waals surface area (Å²) in [6.45, 7) is 2.78. The Morgan fingerprint density at radius 2 is 2.27 bits per heavy atom. The van der Waals surface area contributed by atoms with Gasteiger partial charge in [0, 0.05) is 13.1 Å². The van der Waals surface area contributed by atoms with E-state index in [1.807, 2.05) is 6.92 Å². The first-order valence-corrected chi connectivity index (χ1v) is 3.77. The lowest BCUT2D eigenvalue weighted by molar-refractivity contribution is -0.136. The SMILES string of the molecule is CCC(O)CNCCC(=O)O. The Morgan fingerprint density at radius 1 is 1.64 bits per heavy atom. The Morgan fingerprint density at radius 3 is 2.73 bits per heavy atom. The van der Waals surface area contributed by atoms with E-state index in [1.165, 1.54) is 0 Å². The molecular formula is C7H15NO3. The van der Waals surface area contributed by atoms with Gasteiger partial charge in [0.15, 0.2) is 0 Å². The Hall–Kier alpha value is -0.610. The van der Waals surface area contributed by atoms with Gasteiger partial charge >= 0.3 is 5.97 Å². The number of rotatable bonds is 6. The Bertz CT molecular complexity index is 116. The lowest BCUT2D eigenvalue weighted by atomic mass is 10.3. The van der Waals surface area contributed by atoms with Gasteiger partial charge in [-0.2, -0.15) is 0 Å². The summed E-state index contributed by atoms with van der Waals surface area (Å²) in [4.78, 5) is 10.0. The van der Waals surface area contributed by atoms with Crippen molar-refractivity contribution in [2.75, 3.05) is 13.1 Å². The second kappa shape index (κ2) is 6.12. The molecule has 0 aromatic rings. The zero-order valence-electron chi connectivity index (χ0n) is 6.71. The largest absolute Gasteiger partial charge is 0.481 e. The van der Waals surface area contributed by atoms with Crippen LogP contribution in [0.15, 0.2) is 0 Å². The van der Waals surface area contributed by atoms with Crippen molar-refractivity contribution < 1.29 is 15.0 Å². The minimum atomic E-state index is -0.816. The number of aliphatic hydroxyl groups is 1. The summed E-state index contributed by atoms with van der Waals surface area (Å²) in [7, 11) is 0. The Balaban J connectivity index is 3.08. The van der Waals surface area contributed by atoms with Crippen LogP contribution in [0, 0.1) is 0 Å². The molecule has 66 valence electrons. The Labute approximate surface area is 66.2 Å². The van der Waals surface area contributed by atoms with Crippen LogP contribution in [-0.4, -0.2) is 35.4 Å². The number of carboxylic acid groups (broad SMARTS) is 1. The number of nitrogens with one attached hydrogen (secondary N) is 1. The van der Waals surface area contributed by atoms with Crippen LogP contribution in [0.2, 0.25) is 0 Å². The van der Waals surface area contributed by atoms with E-state index >= 15 is 0 Å². The minimum Gasteiger partial charge on any atom is -0.481 e. The van der Waals surface area contributed by atoms with Crippen molar-refractivity contribution in [2.45, 2.75) is 25.9 Å². The van der Waals surface area contributed by atoms with E-state index in [-0.39, 0.29) is 12.5 Å². The molecule has 11 heavy (non-hydrogen) atoms. The highest BCUT2D eigenvalue weighted by Gasteiger charge is 1.99. The van der Waals surface area contributed by atoms with Crippen molar-refractivity contribution in [1.29, 1.82) is 0 Å². The van der Waals surface area contributed by atoms with E-state index in [4.69, 9.17) is 10.2 Å². The van der Waals surface area contributed by atoms with Crippen molar-refractivity contribution in [1.82, 2.24) is 5.32 Å². The van der Waals surface area contributed by atoms with Crippen LogP contribution in [0.3, 0.4) is 0 Å². The molecule has 0 amide bonds. The van der Waals surface area contributed by atoms with Crippen LogP contribution in [0.1, 0.15) is 19.8 Å². The molecule has 4 nitrogen and oxygen atoms in total. The maximum atomic E-state index is 10.0. The molecule has 0 aromatic carbocycles. The molecule has 0 saturated carbocycles. The molecule has 3 N–H and O–H groups in total. The predicted octanol–water partition coefficient (Wildman–Crippen LogP) is -0.178. The monoisotopic (exact) mass is 161 g/mol. The zero-order chi connectivity index (χ0) is 8.69. The fraction of sp³-hybridized carbons (Fsp3) is 0.857. The van der Waals surface area contributed by atoms with Crippen LogP contribution < -0.4 is 5.32 Å². The summed E-state index contributed by atoms with van der Waals surface area (Å²) in [6, 6.07) is 0. The number of carboxylic acids is 1. The number of aliphatic hydroxyl groups excluding tert-OH is 1. The van der Waals surface area contributed by atoms with Gasteiger partial charge in [-0.05, 0) is 6.42 Å². The molecule has 0 heterocycles. The summed E-state index contributed by atoms with van der Waals surface area (Å²) < 4.78 is 0. The maximum absolute atomic E-state index is 10.0. The molecule has 0 aliphatic heterocycles. The predicted molar refractivity (Wildman–Crippen MR) is 41.4 cm³/mol. The molecule has 0 radical (unpaired) electrons. The lowest BCUT2D eigenvalue weighted by Crippen LogP contribution is -2.27. The van der Waals surface area contributed by atoms with Gasteiger partial charge < -0.3 is 15.5 Å². The van der Waals surface area contributed by atoms with Crippen molar-refractivity contribution in [3.8, 4) is 0 Å². The highest BCUT2D eigenvalue weighted by atomic mass is 16.4. The quantitative estimate of drug-likeness (QED) is 0.473. The molecule has 0 bridgehead atoms. The summed E-state index contributed by atoms with van der Waals surface area (Å²) in [5.74, 6) is -0.816. The van der Waals surface area contributed by atoms with Gasteiger partial charge in [0.2, 0.25) is 0 Å². The third-order valence-electron chi connectivity index (χ3n) is 1.37. The molecule has 0 rings (SSSR count). The van der Waals surface area contributed by atoms with Crippen LogP contribution >= 0.6 is 0 Å². The van der Waals surface area contributed by atoms with Crippen LogP contribution in [-0.2, 0) is 4.79 Å². The van der Waals surface area contributed by atoms with Crippen molar-refractivity contribution in [3.63, 3.8) is 0 Å². The van der Waals surface area contributed by atoms with Crippen molar-refractivity contribution >= 4 is 5.97 Å². The summed E-state index contributed by atoms with van der Waals surface area (Å²) in [5.41, 5.74) is 0. The smallest absolute Gasteiger partial charge is 0.304 e. The average molecular weight is 161 g/mol. The van der Waals surface area contributed by atoms with Gasteiger partial charge in [0.05, 0.1) is 12.5 Å². The molecule has 0 spiro atoms. The van der Waals surface area contributed by atoms with Gasteiger partial charge in [-0.3, -0.25) is 4.79 Å². The highest BCUT2D eigenvalue weighted by Crippen LogP contribution is 1.86. The standard InChI is InChI=1S/C7H15NO3/c1-2-6(9)5-8-4-3-7(10)11/h6,8-9H,2-5H2,1H3,(H,10,11). The van der Waals surface area contributed by atoms with Crippen LogP contribution in [0.5, 0.6) is 0 Å².